The minimum atomic E-state index is -1.88. The maximum Gasteiger partial charge on any atom is 0.407 e. The van der Waals surface area contributed by atoms with Gasteiger partial charge in [0, 0.05) is 32.1 Å². The maximum absolute atomic E-state index is 12.9. The van der Waals surface area contributed by atoms with Crippen molar-refractivity contribution in [3.05, 3.63) is 71.8 Å². The molecule has 3 unspecified atom stereocenters. The molecule has 3 N–H and O–H groups in total. The van der Waals surface area contributed by atoms with Crippen molar-refractivity contribution in [1.82, 2.24) is 10.6 Å². The molecule has 0 bridgehead atoms. The number of benzene rings is 2. The van der Waals surface area contributed by atoms with Gasteiger partial charge in [-0.25, -0.2) is 9.59 Å². The Morgan fingerprint density at radius 1 is 0.653 bits per heavy atom. The van der Waals surface area contributed by atoms with Gasteiger partial charge < -0.3 is 34.1 Å². The second kappa shape index (κ2) is 19.6. The van der Waals surface area contributed by atoms with Crippen LogP contribution in [0.15, 0.2) is 60.7 Å². The number of aliphatic hydroxyl groups excluding tert-OH is 1. The standard InChI is InChI=1S/C38H64N2O7Si2/c1-37(2,3)48(7,8)46-25-17-23-44-35(42)39-32(27-30-19-13-11-14-20-30)29-34(41)33(28-31-21-15-12-16-22-31)40-36(43)45-24-18-26-47-49(9,10)38(4,5)6/h11-16,19-22,32-34,41H,17-18,23-29H2,1-10H3,(H,39,42)(H,40,43). The first-order valence-corrected chi connectivity index (χ1v) is 23.5. The van der Waals surface area contributed by atoms with E-state index in [2.05, 4.69) is 78.4 Å². The van der Waals surface area contributed by atoms with Crippen molar-refractivity contribution in [3.8, 4) is 0 Å². The molecule has 0 saturated carbocycles. The summed E-state index contributed by atoms with van der Waals surface area (Å²) in [4.78, 5) is 25.9. The van der Waals surface area contributed by atoms with Gasteiger partial charge in [-0.1, -0.05) is 102 Å². The van der Waals surface area contributed by atoms with Gasteiger partial charge in [0.2, 0.25) is 0 Å². The summed E-state index contributed by atoms with van der Waals surface area (Å²) in [6.07, 6.45) is 0.115. The summed E-state index contributed by atoms with van der Waals surface area (Å²) in [7, 11) is -3.75. The van der Waals surface area contributed by atoms with Gasteiger partial charge in [-0.2, -0.15) is 0 Å². The first-order valence-electron chi connectivity index (χ1n) is 17.7. The fourth-order valence-corrected chi connectivity index (χ4v) is 6.81. The Kier molecular flexibility index (Phi) is 17.0. The molecule has 0 aliphatic carbocycles. The molecule has 0 aromatic heterocycles. The second-order valence-corrected chi connectivity index (χ2v) is 25.6. The normalized spacial score (nSPS) is 14.4. The highest BCUT2D eigenvalue weighted by atomic mass is 28.4. The molecular weight excluding hydrogens is 653 g/mol. The summed E-state index contributed by atoms with van der Waals surface area (Å²) in [6.45, 7) is 23.4. The summed E-state index contributed by atoms with van der Waals surface area (Å²) < 4.78 is 23.4. The number of rotatable bonds is 19. The molecule has 0 radical (unpaired) electrons. The number of hydrogen-bond donors (Lipinski definition) is 3. The largest absolute Gasteiger partial charge is 0.449 e. The van der Waals surface area contributed by atoms with Crippen LogP contribution in [0.5, 0.6) is 0 Å². The van der Waals surface area contributed by atoms with E-state index in [1.54, 1.807) is 0 Å². The molecule has 276 valence electrons. The molecule has 0 fully saturated rings. The molecule has 2 aromatic carbocycles. The number of ether oxygens (including phenoxy) is 2. The van der Waals surface area contributed by atoms with E-state index in [9.17, 15) is 14.7 Å². The van der Waals surface area contributed by atoms with Crippen LogP contribution >= 0.6 is 0 Å². The molecular formula is C38H64N2O7Si2. The second-order valence-electron chi connectivity index (χ2n) is 16.0. The van der Waals surface area contributed by atoms with Crippen LogP contribution in [0.4, 0.5) is 9.59 Å². The van der Waals surface area contributed by atoms with Crippen molar-refractivity contribution in [2.24, 2.45) is 0 Å². The number of hydrogen-bond acceptors (Lipinski definition) is 7. The monoisotopic (exact) mass is 716 g/mol. The van der Waals surface area contributed by atoms with E-state index < -0.39 is 47.0 Å². The van der Waals surface area contributed by atoms with E-state index in [1.807, 2.05) is 60.7 Å². The van der Waals surface area contributed by atoms with E-state index in [4.69, 9.17) is 18.3 Å². The lowest BCUT2D eigenvalue weighted by atomic mass is 9.94. The van der Waals surface area contributed by atoms with Gasteiger partial charge in [0.15, 0.2) is 16.6 Å². The topological polar surface area (TPSA) is 115 Å². The van der Waals surface area contributed by atoms with Gasteiger partial charge in [0.1, 0.15) is 0 Å². The lowest BCUT2D eigenvalue weighted by molar-refractivity contribution is 0.0862. The van der Waals surface area contributed by atoms with Crippen molar-refractivity contribution in [3.63, 3.8) is 0 Å². The van der Waals surface area contributed by atoms with Crippen LogP contribution < -0.4 is 10.6 Å². The van der Waals surface area contributed by atoms with Crippen molar-refractivity contribution in [1.29, 1.82) is 0 Å². The van der Waals surface area contributed by atoms with Crippen molar-refractivity contribution in [2.75, 3.05) is 26.4 Å². The van der Waals surface area contributed by atoms with Gasteiger partial charge in [0.05, 0.1) is 25.4 Å². The minimum absolute atomic E-state index is 0.107. The summed E-state index contributed by atoms with van der Waals surface area (Å²) in [6, 6.07) is 18.4. The molecule has 0 saturated heterocycles. The summed E-state index contributed by atoms with van der Waals surface area (Å²) in [5, 5.41) is 17.6. The van der Waals surface area contributed by atoms with E-state index >= 15 is 0 Å². The molecule has 2 aromatic rings. The van der Waals surface area contributed by atoms with Crippen LogP contribution in [0, 0.1) is 0 Å². The van der Waals surface area contributed by atoms with Gasteiger partial charge in [-0.05, 0) is 66.7 Å². The zero-order valence-corrected chi connectivity index (χ0v) is 33.8. The maximum atomic E-state index is 12.9. The molecule has 9 nitrogen and oxygen atoms in total. The molecule has 0 heterocycles. The Hall–Kier alpha value is -2.71. The lowest BCUT2D eigenvalue weighted by Crippen LogP contribution is -2.49. The summed E-state index contributed by atoms with van der Waals surface area (Å²) in [5.74, 6) is 0. The van der Waals surface area contributed by atoms with E-state index in [-0.39, 0.29) is 29.7 Å². The molecule has 0 spiro atoms. The van der Waals surface area contributed by atoms with Crippen molar-refractivity contribution in [2.45, 2.75) is 128 Å². The number of carbonyl (C=O) groups is 2. The SMILES string of the molecule is CC(C)(C)[Si](C)(C)OCCCOC(=O)NC(Cc1ccccc1)CC(O)C(Cc1ccccc1)NC(=O)OCCCO[Si](C)(C)C(C)(C)C. The third-order valence-electron chi connectivity index (χ3n) is 9.82. The Balaban J connectivity index is 2.02. The fraction of sp³-hybridized carbons (Fsp3) is 0.632. The van der Waals surface area contributed by atoms with Crippen LogP contribution in [-0.2, 0) is 31.2 Å². The van der Waals surface area contributed by atoms with Crippen molar-refractivity contribution < 1.29 is 33.0 Å². The molecule has 0 aliphatic rings. The lowest BCUT2D eigenvalue weighted by Gasteiger charge is -2.36. The number of aliphatic hydroxyl groups is 1. The van der Waals surface area contributed by atoms with Crippen molar-refractivity contribution >= 4 is 28.8 Å². The average Bonchev–Trinajstić information content (AvgIpc) is 3.00. The molecule has 49 heavy (non-hydrogen) atoms. The predicted molar refractivity (Wildman–Crippen MR) is 203 cm³/mol. The Labute approximate surface area is 298 Å². The molecule has 11 heteroatoms. The summed E-state index contributed by atoms with van der Waals surface area (Å²) in [5.41, 5.74) is 1.97. The first-order chi connectivity index (χ1) is 22.8. The zero-order valence-electron chi connectivity index (χ0n) is 31.8. The molecule has 3 atom stereocenters. The van der Waals surface area contributed by atoms with Gasteiger partial charge >= 0.3 is 12.2 Å². The third-order valence-corrected chi connectivity index (χ3v) is 18.9. The van der Waals surface area contributed by atoms with Crippen LogP contribution in [0.3, 0.4) is 0 Å². The molecule has 2 rings (SSSR count). The predicted octanol–water partition coefficient (Wildman–Crippen LogP) is 8.24. The summed E-state index contributed by atoms with van der Waals surface area (Å²) >= 11 is 0. The number of nitrogens with one attached hydrogen (secondary N) is 2. The number of amides is 2. The van der Waals surface area contributed by atoms with E-state index in [1.165, 1.54) is 0 Å². The number of alkyl carbamates (subject to hydrolysis) is 2. The third kappa shape index (κ3) is 15.8. The molecule has 2 amide bonds. The first kappa shape index (κ1) is 42.5. The Morgan fingerprint density at radius 2 is 1.06 bits per heavy atom. The quantitative estimate of drug-likeness (QED) is 0.0991. The van der Waals surface area contributed by atoms with Crippen LogP contribution in [0.2, 0.25) is 36.3 Å². The highest BCUT2D eigenvalue weighted by Crippen LogP contribution is 2.37. The Morgan fingerprint density at radius 3 is 1.49 bits per heavy atom. The fourth-order valence-electron chi connectivity index (χ4n) is 4.64. The van der Waals surface area contributed by atoms with Crippen LogP contribution in [0.25, 0.3) is 0 Å². The van der Waals surface area contributed by atoms with Crippen LogP contribution in [0.1, 0.15) is 71.9 Å². The highest BCUT2D eigenvalue weighted by molar-refractivity contribution is 6.74. The van der Waals surface area contributed by atoms with Crippen LogP contribution in [-0.4, -0.2) is 78.5 Å². The van der Waals surface area contributed by atoms with Gasteiger partial charge in [-0.3, -0.25) is 0 Å². The average molecular weight is 717 g/mol. The Bertz CT molecular complexity index is 1250. The molecule has 0 aliphatic heterocycles. The number of carbonyl (C=O) groups excluding carboxylic acids is 2. The van der Waals surface area contributed by atoms with E-state index in [0.29, 0.717) is 38.9 Å². The van der Waals surface area contributed by atoms with Gasteiger partial charge in [0.25, 0.3) is 0 Å². The van der Waals surface area contributed by atoms with E-state index in [0.717, 1.165) is 11.1 Å². The smallest absolute Gasteiger partial charge is 0.407 e. The minimum Gasteiger partial charge on any atom is -0.449 e. The highest BCUT2D eigenvalue weighted by Gasteiger charge is 2.37. The van der Waals surface area contributed by atoms with Gasteiger partial charge in [-0.15, -0.1) is 0 Å². The zero-order chi connectivity index (χ0) is 36.7.